The molecule has 0 N–H and O–H groups in total. The first-order valence-electron chi connectivity index (χ1n) is 5.62. The molecule has 1 rings (SSSR count). The van der Waals surface area contributed by atoms with Gasteiger partial charge in [-0.2, -0.15) is 0 Å². The van der Waals surface area contributed by atoms with Crippen LogP contribution in [0.1, 0.15) is 25.3 Å². The third-order valence-corrected chi connectivity index (χ3v) is 3.68. The Bertz CT molecular complexity index is 328. The van der Waals surface area contributed by atoms with E-state index in [0.29, 0.717) is 5.92 Å². The summed E-state index contributed by atoms with van der Waals surface area (Å²) in [6.07, 6.45) is 2.39. The van der Waals surface area contributed by atoms with Crippen LogP contribution in [0.15, 0.2) is 18.2 Å². The third kappa shape index (κ3) is 4.34. The van der Waals surface area contributed by atoms with Gasteiger partial charge in [-0.25, -0.2) is 0 Å². The Labute approximate surface area is 111 Å². The maximum Gasteiger partial charge on any atom is 0.122 e. The molecular formula is C13H18BrClO. The first-order valence-corrected chi connectivity index (χ1v) is 7.12. The first-order chi connectivity index (χ1) is 7.67. The lowest BCUT2D eigenvalue weighted by atomic mass is 10.1. The number of ether oxygens (including phenoxy) is 1. The number of aryl methyl sites for hydroxylation is 1. The minimum atomic E-state index is 0.583. The van der Waals surface area contributed by atoms with E-state index in [1.807, 2.05) is 25.1 Å². The molecule has 16 heavy (non-hydrogen) atoms. The lowest BCUT2D eigenvalue weighted by Crippen LogP contribution is -2.13. The Balaban J connectivity index is 2.53. The second-order valence-corrected chi connectivity index (χ2v) is 5.11. The molecule has 90 valence electrons. The quantitative estimate of drug-likeness (QED) is 0.683. The molecule has 3 heteroatoms. The number of alkyl halides is 1. The summed E-state index contributed by atoms with van der Waals surface area (Å²) < 4.78 is 5.81. The number of hydrogen-bond donors (Lipinski definition) is 0. The van der Waals surface area contributed by atoms with Gasteiger partial charge in [-0.05, 0) is 37.1 Å². The van der Waals surface area contributed by atoms with Crippen LogP contribution in [-0.2, 0) is 0 Å². The molecule has 1 unspecified atom stereocenters. The van der Waals surface area contributed by atoms with E-state index in [-0.39, 0.29) is 0 Å². The summed E-state index contributed by atoms with van der Waals surface area (Å²) in [6.45, 7) is 4.98. The highest BCUT2D eigenvalue weighted by Gasteiger charge is 2.08. The van der Waals surface area contributed by atoms with Gasteiger partial charge >= 0.3 is 0 Å². The molecule has 0 saturated heterocycles. The summed E-state index contributed by atoms with van der Waals surface area (Å²) in [5.74, 6) is 1.52. The van der Waals surface area contributed by atoms with Gasteiger partial charge in [-0.3, -0.25) is 0 Å². The monoisotopic (exact) mass is 304 g/mol. The molecule has 0 bridgehead atoms. The normalized spacial score (nSPS) is 12.5. The van der Waals surface area contributed by atoms with Crippen LogP contribution in [0.4, 0.5) is 0 Å². The van der Waals surface area contributed by atoms with Crippen molar-refractivity contribution in [3.63, 3.8) is 0 Å². The third-order valence-electron chi connectivity index (χ3n) is 2.53. The SMILES string of the molecule is CCCC(CBr)COc1ccc(Cl)cc1C. The molecule has 0 amide bonds. The van der Waals surface area contributed by atoms with E-state index in [2.05, 4.69) is 22.9 Å². The molecule has 1 aromatic rings. The predicted molar refractivity (Wildman–Crippen MR) is 73.9 cm³/mol. The van der Waals surface area contributed by atoms with Crippen LogP contribution in [0.5, 0.6) is 5.75 Å². The number of hydrogen-bond acceptors (Lipinski definition) is 1. The average molecular weight is 306 g/mol. The van der Waals surface area contributed by atoms with Gasteiger partial charge in [0.05, 0.1) is 6.61 Å². The van der Waals surface area contributed by atoms with Crippen molar-refractivity contribution in [1.29, 1.82) is 0 Å². The second-order valence-electron chi connectivity index (χ2n) is 4.03. The zero-order valence-electron chi connectivity index (χ0n) is 9.80. The molecule has 0 saturated carbocycles. The van der Waals surface area contributed by atoms with Crippen molar-refractivity contribution < 1.29 is 4.74 Å². The average Bonchev–Trinajstić information content (AvgIpc) is 2.26. The Kier molecular flexibility index (Phi) is 6.22. The van der Waals surface area contributed by atoms with Crippen molar-refractivity contribution in [2.75, 3.05) is 11.9 Å². The molecule has 0 fully saturated rings. The van der Waals surface area contributed by atoms with Crippen molar-refractivity contribution >= 4 is 27.5 Å². The predicted octanol–water partition coefficient (Wildman–Crippen LogP) is 4.84. The first kappa shape index (κ1) is 13.9. The van der Waals surface area contributed by atoms with Crippen LogP contribution in [0.2, 0.25) is 5.02 Å². The van der Waals surface area contributed by atoms with Crippen LogP contribution in [-0.4, -0.2) is 11.9 Å². The lowest BCUT2D eigenvalue weighted by Gasteiger charge is -2.15. The zero-order chi connectivity index (χ0) is 12.0. The van der Waals surface area contributed by atoms with E-state index in [1.54, 1.807) is 0 Å². The van der Waals surface area contributed by atoms with Crippen LogP contribution in [0.25, 0.3) is 0 Å². The van der Waals surface area contributed by atoms with Gasteiger partial charge in [-0.1, -0.05) is 40.9 Å². The van der Waals surface area contributed by atoms with Crippen molar-refractivity contribution in [2.45, 2.75) is 26.7 Å². The van der Waals surface area contributed by atoms with E-state index in [0.717, 1.165) is 28.3 Å². The fraction of sp³-hybridized carbons (Fsp3) is 0.538. The molecule has 1 nitrogen and oxygen atoms in total. The van der Waals surface area contributed by atoms with Gasteiger partial charge < -0.3 is 4.74 Å². The number of rotatable bonds is 6. The van der Waals surface area contributed by atoms with Gasteiger partial charge in [0.15, 0.2) is 0 Å². The van der Waals surface area contributed by atoms with E-state index >= 15 is 0 Å². The fourth-order valence-corrected chi connectivity index (χ4v) is 2.33. The minimum absolute atomic E-state index is 0.583. The van der Waals surface area contributed by atoms with Crippen LogP contribution >= 0.6 is 27.5 Å². The molecule has 0 radical (unpaired) electrons. The molecule has 0 heterocycles. The van der Waals surface area contributed by atoms with Crippen molar-refractivity contribution in [2.24, 2.45) is 5.92 Å². The van der Waals surface area contributed by atoms with Gasteiger partial charge in [-0.15, -0.1) is 0 Å². The Hall–Kier alpha value is -0.210. The second kappa shape index (κ2) is 7.18. The summed E-state index contributed by atoms with van der Waals surface area (Å²) in [6, 6.07) is 5.74. The summed E-state index contributed by atoms with van der Waals surface area (Å²) in [5, 5.41) is 1.75. The summed E-state index contributed by atoms with van der Waals surface area (Å²) in [5.41, 5.74) is 1.09. The van der Waals surface area contributed by atoms with Crippen LogP contribution in [0.3, 0.4) is 0 Å². The molecule has 1 atom stereocenters. The number of halogens is 2. The Morgan fingerprint density at radius 1 is 1.44 bits per heavy atom. The molecular weight excluding hydrogens is 287 g/mol. The van der Waals surface area contributed by atoms with Gasteiger partial charge in [0, 0.05) is 16.3 Å². The van der Waals surface area contributed by atoms with Gasteiger partial charge in [0.1, 0.15) is 5.75 Å². The zero-order valence-corrected chi connectivity index (χ0v) is 12.1. The summed E-state index contributed by atoms with van der Waals surface area (Å²) in [7, 11) is 0. The van der Waals surface area contributed by atoms with E-state index < -0.39 is 0 Å². The highest BCUT2D eigenvalue weighted by molar-refractivity contribution is 9.09. The molecule has 0 aromatic heterocycles. The maximum absolute atomic E-state index is 5.89. The fourth-order valence-electron chi connectivity index (χ4n) is 1.60. The van der Waals surface area contributed by atoms with Crippen LogP contribution < -0.4 is 4.74 Å². The smallest absolute Gasteiger partial charge is 0.122 e. The number of benzene rings is 1. The molecule has 0 aliphatic heterocycles. The molecule has 1 aromatic carbocycles. The van der Waals surface area contributed by atoms with Crippen molar-refractivity contribution in [3.05, 3.63) is 28.8 Å². The van der Waals surface area contributed by atoms with E-state index in [4.69, 9.17) is 16.3 Å². The Morgan fingerprint density at radius 3 is 2.75 bits per heavy atom. The lowest BCUT2D eigenvalue weighted by molar-refractivity contribution is 0.253. The minimum Gasteiger partial charge on any atom is -0.493 e. The van der Waals surface area contributed by atoms with E-state index in [9.17, 15) is 0 Å². The summed E-state index contributed by atoms with van der Waals surface area (Å²) in [4.78, 5) is 0. The highest BCUT2D eigenvalue weighted by Crippen LogP contribution is 2.23. The van der Waals surface area contributed by atoms with Gasteiger partial charge in [0.2, 0.25) is 0 Å². The summed E-state index contributed by atoms with van der Waals surface area (Å²) >= 11 is 9.41. The molecule has 0 aliphatic carbocycles. The maximum atomic E-state index is 5.89. The molecule has 0 aliphatic rings. The van der Waals surface area contributed by atoms with Crippen molar-refractivity contribution in [3.8, 4) is 5.75 Å². The molecule has 0 spiro atoms. The van der Waals surface area contributed by atoms with Gasteiger partial charge in [0.25, 0.3) is 0 Å². The van der Waals surface area contributed by atoms with Crippen LogP contribution in [0, 0.1) is 12.8 Å². The largest absolute Gasteiger partial charge is 0.493 e. The standard InChI is InChI=1S/C13H18BrClO/c1-3-4-11(8-14)9-16-13-6-5-12(15)7-10(13)2/h5-7,11H,3-4,8-9H2,1-2H3. The van der Waals surface area contributed by atoms with Crippen molar-refractivity contribution in [1.82, 2.24) is 0 Å². The van der Waals surface area contributed by atoms with E-state index in [1.165, 1.54) is 12.8 Å². The topological polar surface area (TPSA) is 9.23 Å². The Morgan fingerprint density at radius 2 is 2.19 bits per heavy atom. The highest BCUT2D eigenvalue weighted by atomic mass is 79.9.